The van der Waals surface area contributed by atoms with Crippen LogP contribution in [0.15, 0.2) is 33.5 Å². The van der Waals surface area contributed by atoms with Gasteiger partial charge in [-0.05, 0) is 31.2 Å². The second kappa shape index (κ2) is 7.78. The van der Waals surface area contributed by atoms with Crippen molar-refractivity contribution in [3.05, 3.63) is 40.2 Å². The van der Waals surface area contributed by atoms with E-state index in [-0.39, 0.29) is 5.91 Å². The van der Waals surface area contributed by atoms with Crippen molar-refractivity contribution in [3.8, 4) is 5.75 Å². The summed E-state index contributed by atoms with van der Waals surface area (Å²) in [5.41, 5.74) is 0.917. The van der Waals surface area contributed by atoms with Crippen molar-refractivity contribution in [1.82, 2.24) is 10.2 Å². The largest absolute Gasteiger partial charge is 0.497 e. The molecule has 0 fully saturated rings. The number of amides is 1. The van der Waals surface area contributed by atoms with Gasteiger partial charge in [0.2, 0.25) is 5.91 Å². The first kappa shape index (κ1) is 17.0. The molecule has 0 unspecified atom stereocenters. The molecule has 124 valence electrons. The zero-order valence-electron chi connectivity index (χ0n) is 13.7. The summed E-state index contributed by atoms with van der Waals surface area (Å²) < 4.78 is 10.4. The summed E-state index contributed by atoms with van der Waals surface area (Å²) in [5.74, 6) is 0.607. The third-order valence-corrected chi connectivity index (χ3v) is 3.62. The van der Waals surface area contributed by atoms with E-state index < -0.39 is 5.63 Å². The fraction of sp³-hybridized carbons (Fsp3) is 0.412. The summed E-state index contributed by atoms with van der Waals surface area (Å²) >= 11 is 0. The first-order valence-electron chi connectivity index (χ1n) is 7.67. The molecule has 0 radical (unpaired) electrons. The zero-order valence-corrected chi connectivity index (χ0v) is 13.7. The van der Waals surface area contributed by atoms with Crippen molar-refractivity contribution in [2.75, 3.05) is 26.7 Å². The van der Waals surface area contributed by atoms with Crippen LogP contribution in [0.2, 0.25) is 0 Å². The maximum absolute atomic E-state index is 11.8. The molecule has 6 nitrogen and oxygen atoms in total. The van der Waals surface area contributed by atoms with Gasteiger partial charge in [0.15, 0.2) is 0 Å². The summed E-state index contributed by atoms with van der Waals surface area (Å²) in [4.78, 5) is 25.5. The fourth-order valence-corrected chi connectivity index (χ4v) is 2.44. The molecule has 1 heterocycles. The lowest BCUT2D eigenvalue weighted by Crippen LogP contribution is -2.36. The topological polar surface area (TPSA) is 71.8 Å². The minimum Gasteiger partial charge on any atom is -0.497 e. The molecule has 0 spiro atoms. The van der Waals surface area contributed by atoms with Crippen molar-refractivity contribution in [1.29, 1.82) is 0 Å². The third kappa shape index (κ3) is 4.32. The number of rotatable bonds is 7. The Morgan fingerprint density at radius 3 is 2.74 bits per heavy atom. The second-order valence-corrected chi connectivity index (χ2v) is 5.21. The predicted octanol–water partition coefficient (Wildman–Crippen LogP) is 1.76. The number of methoxy groups -OCH3 is 1. The van der Waals surface area contributed by atoms with Gasteiger partial charge in [-0.2, -0.15) is 0 Å². The van der Waals surface area contributed by atoms with E-state index in [0.717, 1.165) is 10.9 Å². The number of benzene rings is 1. The monoisotopic (exact) mass is 318 g/mol. The number of nitrogens with one attached hydrogen (secondary N) is 1. The van der Waals surface area contributed by atoms with E-state index >= 15 is 0 Å². The number of hydrogen-bond donors (Lipinski definition) is 1. The van der Waals surface area contributed by atoms with Crippen LogP contribution in [0.3, 0.4) is 0 Å². The van der Waals surface area contributed by atoms with Crippen LogP contribution < -0.4 is 15.7 Å². The maximum atomic E-state index is 11.8. The highest BCUT2D eigenvalue weighted by atomic mass is 16.5. The Balaban J connectivity index is 2.30. The number of likely N-dealkylation sites (N-methyl/N-ethyl adjacent to an activating group) is 2. The predicted molar refractivity (Wildman–Crippen MR) is 88.7 cm³/mol. The average Bonchev–Trinajstić information content (AvgIpc) is 2.53. The van der Waals surface area contributed by atoms with Gasteiger partial charge in [-0.15, -0.1) is 0 Å². The number of hydrogen-bond acceptors (Lipinski definition) is 5. The standard InChI is InChI=1S/C17H22N2O4/c1-4-18-16(20)11-19(5-2)10-12-8-17(21)23-15-9-13(22-3)6-7-14(12)15/h6-9H,4-5,10-11H2,1-3H3,(H,18,20). The summed E-state index contributed by atoms with van der Waals surface area (Å²) in [6.07, 6.45) is 0. The highest BCUT2D eigenvalue weighted by Gasteiger charge is 2.13. The molecule has 0 aliphatic heterocycles. The molecule has 0 saturated heterocycles. The molecule has 1 amide bonds. The highest BCUT2D eigenvalue weighted by molar-refractivity contribution is 5.82. The molecule has 1 aromatic carbocycles. The van der Waals surface area contributed by atoms with Crippen molar-refractivity contribution in [2.24, 2.45) is 0 Å². The molecule has 0 atom stereocenters. The van der Waals surface area contributed by atoms with Gasteiger partial charge in [0.05, 0.1) is 13.7 Å². The van der Waals surface area contributed by atoms with Gasteiger partial charge in [0.1, 0.15) is 11.3 Å². The Morgan fingerprint density at radius 2 is 2.09 bits per heavy atom. The molecular formula is C17H22N2O4. The SMILES string of the molecule is CCNC(=O)CN(CC)Cc1cc(=O)oc2cc(OC)ccc12. The normalized spacial score (nSPS) is 11.0. The molecule has 0 aliphatic carbocycles. The second-order valence-electron chi connectivity index (χ2n) is 5.21. The smallest absolute Gasteiger partial charge is 0.336 e. The first-order valence-corrected chi connectivity index (χ1v) is 7.67. The van der Waals surface area contributed by atoms with E-state index in [1.54, 1.807) is 13.2 Å². The lowest BCUT2D eigenvalue weighted by atomic mass is 10.1. The Morgan fingerprint density at radius 1 is 1.30 bits per heavy atom. The van der Waals surface area contributed by atoms with Gasteiger partial charge >= 0.3 is 5.63 Å². The molecule has 1 N–H and O–H groups in total. The first-order chi connectivity index (χ1) is 11.1. The van der Waals surface area contributed by atoms with Crippen LogP contribution in [0.5, 0.6) is 5.75 Å². The van der Waals surface area contributed by atoms with E-state index in [0.29, 0.717) is 37.5 Å². The molecular weight excluding hydrogens is 296 g/mol. The molecule has 2 rings (SSSR count). The number of carbonyl (C=O) groups is 1. The van der Waals surface area contributed by atoms with E-state index in [9.17, 15) is 9.59 Å². The summed E-state index contributed by atoms with van der Waals surface area (Å²) in [6.45, 7) is 5.97. The summed E-state index contributed by atoms with van der Waals surface area (Å²) in [7, 11) is 1.56. The van der Waals surface area contributed by atoms with Crippen molar-refractivity contribution >= 4 is 16.9 Å². The summed E-state index contributed by atoms with van der Waals surface area (Å²) in [6, 6.07) is 6.87. The van der Waals surface area contributed by atoms with E-state index in [1.165, 1.54) is 6.07 Å². The molecule has 0 aliphatic rings. The van der Waals surface area contributed by atoms with Crippen LogP contribution in [-0.4, -0.2) is 37.6 Å². The lowest BCUT2D eigenvalue weighted by molar-refractivity contribution is -0.122. The van der Waals surface area contributed by atoms with Crippen molar-refractivity contribution in [2.45, 2.75) is 20.4 Å². The molecule has 0 bridgehead atoms. The Kier molecular flexibility index (Phi) is 5.76. The van der Waals surface area contributed by atoms with Gasteiger partial charge in [0.25, 0.3) is 0 Å². The minimum atomic E-state index is -0.408. The number of carbonyl (C=O) groups excluding carboxylic acids is 1. The van der Waals surface area contributed by atoms with Crippen LogP contribution in [0.25, 0.3) is 11.0 Å². The van der Waals surface area contributed by atoms with Gasteiger partial charge in [-0.25, -0.2) is 4.79 Å². The number of nitrogens with zero attached hydrogens (tertiary/aromatic N) is 1. The van der Waals surface area contributed by atoms with E-state index in [2.05, 4.69) is 5.32 Å². The van der Waals surface area contributed by atoms with E-state index in [4.69, 9.17) is 9.15 Å². The van der Waals surface area contributed by atoms with Crippen LogP contribution in [0.1, 0.15) is 19.4 Å². The van der Waals surface area contributed by atoms with Gasteiger partial charge in [-0.3, -0.25) is 9.69 Å². The Hall–Kier alpha value is -2.34. The third-order valence-electron chi connectivity index (χ3n) is 3.62. The van der Waals surface area contributed by atoms with Crippen molar-refractivity contribution < 1.29 is 13.9 Å². The Labute approximate surface area is 135 Å². The Bertz CT molecular complexity index is 739. The highest BCUT2D eigenvalue weighted by Crippen LogP contribution is 2.23. The van der Waals surface area contributed by atoms with Crippen LogP contribution in [0.4, 0.5) is 0 Å². The molecule has 2 aromatic rings. The average molecular weight is 318 g/mol. The van der Waals surface area contributed by atoms with E-state index in [1.807, 2.05) is 30.9 Å². The molecule has 0 saturated carbocycles. The van der Waals surface area contributed by atoms with Crippen LogP contribution in [-0.2, 0) is 11.3 Å². The van der Waals surface area contributed by atoms with Crippen LogP contribution in [0, 0.1) is 0 Å². The van der Waals surface area contributed by atoms with Gasteiger partial charge in [0, 0.05) is 30.6 Å². The van der Waals surface area contributed by atoms with Crippen molar-refractivity contribution in [3.63, 3.8) is 0 Å². The van der Waals surface area contributed by atoms with Crippen LogP contribution >= 0.6 is 0 Å². The molecule has 6 heteroatoms. The maximum Gasteiger partial charge on any atom is 0.336 e. The van der Waals surface area contributed by atoms with Gasteiger partial charge in [-0.1, -0.05) is 6.92 Å². The van der Waals surface area contributed by atoms with Gasteiger partial charge < -0.3 is 14.5 Å². The molecule has 1 aromatic heterocycles. The molecule has 23 heavy (non-hydrogen) atoms. The quantitative estimate of drug-likeness (QED) is 0.788. The summed E-state index contributed by atoms with van der Waals surface area (Å²) in [5, 5.41) is 3.63. The minimum absolute atomic E-state index is 0.0247. The lowest BCUT2D eigenvalue weighted by Gasteiger charge is -2.20. The number of fused-ring (bicyclic) bond motifs is 1. The zero-order chi connectivity index (χ0) is 16.8. The number of ether oxygens (including phenoxy) is 1. The fourth-order valence-electron chi connectivity index (χ4n) is 2.44.